The Morgan fingerprint density at radius 2 is 0.545 bits per heavy atom. The van der Waals surface area contributed by atoms with E-state index in [1.54, 1.807) is 0 Å². The van der Waals surface area contributed by atoms with Crippen molar-refractivity contribution in [1.29, 1.82) is 0 Å². The largest absolute Gasteiger partial charge is 0.494 e. The predicted molar refractivity (Wildman–Crippen MR) is 125 cm³/mol. The van der Waals surface area contributed by atoms with Crippen molar-refractivity contribution in [2.24, 2.45) is 0 Å². The molecule has 4 aliphatic heterocycles. The molecule has 0 aromatic heterocycles. The van der Waals surface area contributed by atoms with Crippen molar-refractivity contribution in [2.45, 2.75) is 36.6 Å². The zero-order chi connectivity index (χ0) is 21.8. The van der Waals surface area contributed by atoms with E-state index < -0.39 is 33.6 Å². The fourth-order valence-corrected chi connectivity index (χ4v) is 5.31. The van der Waals surface area contributed by atoms with Gasteiger partial charge in [-0.15, -0.1) is 0 Å². The second kappa shape index (κ2) is 8.13. The Kier molecular flexibility index (Phi) is 4.93. The van der Waals surface area contributed by atoms with Crippen molar-refractivity contribution in [3.8, 4) is 0 Å². The molecule has 1 saturated carbocycles. The lowest BCUT2D eigenvalue weighted by atomic mass is 9.78. The predicted octanol–water partition coefficient (Wildman–Crippen LogP) is 0.538. The van der Waals surface area contributed by atoms with Gasteiger partial charge < -0.3 is 27.9 Å². The molecule has 8 rings (SSSR count). The Balaban J connectivity index is 1.23. The number of benzene rings is 3. The maximum Gasteiger partial charge on any atom is 0.494 e. The van der Waals surface area contributed by atoms with Crippen LogP contribution in [0.15, 0.2) is 91.0 Å². The van der Waals surface area contributed by atoms with Crippen LogP contribution < -0.4 is 16.4 Å². The summed E-state index contributed by atoms with van der Waals surface area (Å²) in [5.74, 6) is 0. The third-order valence-electron chi connectivity index (χ3n) is 6.84. The minimum absolute atomic E-state index is 0.326. The van der Waals surface area contributed by atoms with E-state index >= 15 is 0 Å². The maximum absolute atomic E-state index is 6.55. The molecule has 6 nitrogen and oxygen atoms in total. The highest BCUT2D eigenvalue weighted by molar-refractivity contribution is 6.63. The van der Waals surface area contributed by atoms with Crippen LogP contribution in [0.5, 0.6) is 0 Å². The summed E-state index contributed by atoms with van der Waals surface area (Å²) in [4.78, 5) is 0. The summed E-state index contributed by atoms with van der Waals surface area (Å²) in [6.45, 7) is 0. The van der Waals surface area contributed by atoms with Gasteiger partial charge >= 0.3 is 21.4 Å². The first-order valence-corrected chi connectivity index (χ1v) is 11.4. The molecule has 0 N–H and O–H groups in total. The van der Waals surface area contributed by atoms with Gasteiger partial charge in [0.1, 0.15) is 0 Å². The molecule has 3 aromatic rings. The van der Waals surface area contributed by atoms with Gasteiger partial charge in [0.05, 0.1) is 36.6 Å². The number of hydrogen-bond acceptors (Lipinski definition) is 6. The summed E-state index contributed by atoms with van der Waals surface area (Å²) in [6.07, 6.45) is -2.10. The summed E-state index contributed by atoms with van der Waals surface area (Å²) in [7, 11) is -1.49. The van der Waals surface area contributed by atoms with Gasteiger partial charge in [0.15, 0.2) is 0 Å². The molecule has 33 heavy (non-hydrogen) atoms. The Bertz CT molecular complexity index is 1010. The monoisotopic (exact) mass is 438 g/mol. The van der Waals surface area contributed by atoms with Gasteiger partial charge in [-0.3, -0.25) is 0 Å². The normalized spacial score (nSPS) is 32.5. The molecule has 0 spiro atoms. The first kappa shape index (κ1) is 20.0. The molecular formula is C24H21B3O6. The molecule has 2 bridgehead atoms. The van der Waals surface area contributed by atoms with Gasteiger partial charge in [-0.2, -0.15) is 0 Å². The van der Waals surface area contributed by atoms with Crippen LogP contribution in [0.25, 0.3) is 0 Å². The van der Waals surface area contributed by atoms with Gasteiger partial charge in [-0.05, 0) is 16.4 Å². The Morgan fingerprint density at radius 1 is 0.333 bits per heavy atom. The minimum atomic E-state index is -0.540. The van der Waals surface area contributed by atoms with Crippen LogP contribution in [0.3, 0.4) is 0 Å². The lowest BCUT2D eigenvalue weighted by Crippen LogP contribution is -2.60. The van der Waals surface area contributed by atoms with Crippen molar-refractivity contribution in [1.82, 2.24) is 0 Å². The van der Waals surface area contributed by atoms with Crippen LogP contribution in [-0.2, 0) is 27.9 Å². The molecule has 0 amide bonds. The molecule has 0 unspecified atom stereocenters. The van der Waals surface area contributed by atoms with Crippen molar-refractivity contribution < 1.29 is 27.9 Å². The van der Waals surface area contributed by atoms with Gasteiger partial charge in [0, 0.05) is 0 Å². The van der Waals surface area contributed by atoms with E-state index in [4.69, 9.17) is 27.9 Å². The van der Waals surface area contributed by atoms with Crippen LogP contribution in [0.2, 0.25) is 0 Å². The highest BCUT2D eigenvalue weighted by Crippen LogP contribution is 2.43. The quantitative estimate of drug-likeness (QED) is 0.557. The van der Waals surface area contributed by atoms with E-state index in [9.17, 15) is 0 Å². The first-order valence-electron chi connectivity index (χ1n) is 11.4. The zero-order valence-corrected chi connectivity index (χ0v) is 17.8. The van der Waals surface area contributed by atoms with Crippen molar-refractivity contribution in [3.05, 3.63) is 91.0 Å². The molecule has 4 saturated heterocycles. The van der Waals surface area contributed by atoms with E-state index in [2.05, 4.69) is 0 Å². The molecule has 1 aliphatic carbocycles. The van der Waals surface area contributed by atoms with Gasteiger partial charge in [0.25, 0.3) is 0 Å². The van der Waals surface area contributed by atoms with E-state index in [0.29, 0.717) is 0 Å². The molecule has 5 fully saturated rings. The maximum atomic E-state index is 6.55. The first-order chi connectivity index (χ1) is 16.3. The molecule has 162 valence electrons. The summed E-state index contributed by atoms with van der Waals surface area (Å²) in [5.41, 5.74) is 2.89. The van der Waals surface area contributed by atoms with Crippen molar-refractivity contribution in [3.63, 3.8) is 0 Å². The SMILES string of the molecule is c1ccc(B2OC3[C@H]4OB(c5ccccc5)O[C@H]4C(O2)[C@@H]2OB(c4ccccc4)O[C@H]32)cc1. The number of rotatable bonds is 3. The minimum Gasteiger partial charge on any atom is -0.399 e. The summed E-state index contributed by atoms with van der Waals surface area (Å²) in [6, 6.07) is 29.8. The van der Waals surface area contributed by atoms with Gasteiger partial charge in [-0.25, -0.2) is 0 Å². The average Bonchev–Trinajstić information content (AvgIpc) is 3.46. The summed E-state index contributed by atoms with van der Waals surface area (Å²) in [5, 5.41) is 0. The molecule has 9 heteroatoms. The van der Waals surface area contributed by atoms with Crippen LogP contribution in [-0.4, -0.2) is 58.0 Å². The van der Waals surface area contributed by atoms with Crippen LogP contribution in [0.1, 0.15) is 0 Å². The Hall–Kier alpha value is -2.39. The highest BCUT2D eigenvalue weighted by atomic mass is 16.7. The molecule has 3 aromatic carbocycles. The average molecular weight is 438 g/mol. The standard InChI is InChI=1S/C24H21B3O6/c1-4-10-16(11-5-1)25-28-19-20(29-25)24-22-21(30-26(31-22)17-12-6-2-7-13-17)23(19)32-27(33-24)18-14-8-3-9-15-18/h1-15,19-24H/t19-,20+,21-,22+,23?,24?. The molecular weight excluding hydrogens is 417 g/mol. The van der Waals surface area contributed by atoms with Gasteiger partial charge in [-0.1, -0.05) is 91.0 Å². The van der Waals surface area contributed by atoms with Crippen LogP contribution in [0.4, 0.5) is 0 Å². The van der Waals surface area contributed by atoms with Crippen LogP contribution in [0, 0.1) is 0 Å². The molecule has 4 heterocycles. The molecule has 5 aliphatic rings. The lowest BCUT2D eigenvalue weighted by molar-refractivity contribution is -0.106. The Labute approximate surface area is 193 Å². The topological polar surface area (TPSA) is 55.4 Å². The van der Waals surface area contributed by atoms with E-state index in [1.807, 2.05) is 91.0 Å². The number of fused-ring (bicyclic) bond motifs is 2. The van der Waals surface area contributed by atoms with Crippen molar-refractivity contribution in [2.75, 3.05) is 0 Å². The molecule has 0 radical (unpaired) electrons. The fraction of sp³-hybridized carbons (Fsp3) is 0.250. The smallest absolute Gasteiger partial charge is 0.399 e. The van der Waals surface area contributed by atoms with Crippen molar-refractivity contribution >= 4 is 37.7 Å². The highest BCUT2D eigenvalue weighted by Gasteiger charge is 2.66. The third-order valence-corrected chi connectivity index (χ3v) is 6.84. The fourth-order valence-electron chi connectivity index (χ4n) is 5.31. The zero-order valence-electron chi connectivity index (χ0n) is 17.8. The van der Waals surface area contributed by atoms with E-state index in [0.717, 1.165) is 16.4 Å². The summed E-state index contributed by atoms with van der Waals surface area (Å²) < 4.78 is 38.8. The van der Waals surface area contributed by atoms with Gasteiger partial charge in [0.2, 0.25) is 0 Å². The second-order valence-corrected chi connectivity index (χ2v) is 8.83. The second-order valence-electron chi connectivity index (χ2n) is 8.83. The van der Waals surface area contributed by atoms with E-state index in [1.165, 1.54) is 0 Å². The lowest BCUT2D eigenvalue weighted by Gasteiger charge is -2.40. The van der Waals surface area contributed by atoms with Crippen LogP contribution >= 0.6 is 0 Å². The summed E-state index contributed by atoms with van der Waals surface area (Å²) >= 11 is 0. The Morgan fingerprint density at radius 3 is 0.758 bits per heavy atom. The third kappa shape index (κ3) is 3.39. The van der Waals surface area contributed by atoms with E-state index in [-0.39, 0.29) is 24.4 Å². The number of hydrogen-bond donors (Lipinski definition) is 0. The molecule has 0 atom stereocenters.